The van der Waals surface area contributed by atoms with Gasteiger partial charge in [0.05, 0.1) is 12.6 Å². The molecule has 2 heterocycles. The van der Waals surface area contributed by atoms with Crippen molar-refractivity contribution in [2.45, 2.75) is 32.1 Å². The Labute approximate surface area is 107 Å². The van der Waals surface area contributed by atoms with Crippen LogP contribution < -0.4 is 0 Å². The fraction of sp³-hybridized carbons (Fsp3) is 0.769. The van der Waals surface area contributed by atoms with Gasteiger partial charge in [0.2, 0.25) is 11.8 Å². The fourth-order valence-electron chi connectivity index (χ4n) is 2.65. The molecule has 0 atom stereocenters. The molecule has 0 aromatic heterocycles. The van der Waals surface area contributed by atoms with Crippen LogP contribution in [0.3, 0.4) is 0 Å². The summed E-state index contributed by atoms with van der Waals surface area (Å²) in [5.41, 5.74) is 0. The third-order valence-electron chi connectivity index (χ3n) is 3.84. The van der Waals surface area contributed by atoms with E-state index < -0.39 is 0 Å². The lowest BCUT2D eigenvalue weighted by atomic mass is 9.94. The lowest BCUT2D eigenvalue weighted by molar-refractivity contribution is -0.139. The summed E-state index contributed by atoms with van der Waals surface area (Å²) >= 11 is 0. The molecule has 0 N–H and O–H groups in total. The first-order valence-corrected chi connectivity index (χ1v) is 6.63. The van der Waals surface area contributed by atoms with E-state index in [0.717, 1.165) is 38.9 Å². The van der Waals surface area contributed by atoms with Gasteiger partial charge in [-0.3, -0.25) is 9.59 Å². The summed E-state index contributed by atoms with van der Waals surface area (Å²) < 4.78 is 0. The lowest BCUT2D eigenvalue weighted by Gasteiger charge is -2.32. The van der Waals surface area contributed by atoms with Gasteiger partial charge in [-0.25, -0.2) is 0 Å². The summed E-state index contributed by atoms with van der Waals surface area (Å²) in [7, 11) is 0. The molecule has 5 nitrogen and oxygen atoms in total. The smallest absolute Gasteiger partial charge is 0.242 e. The Morgan fingerprint density at radius 2 is 2.06 bits per heavy atom. The number of rotatable bonds is 3. The van der Waals surface area contributed by atoms with Gasteiger partial charge in [0.1, 0.15) is 0 Å². The van der Waals surface area contributed by atoms with Crippen LogP contribution in [-0.2, 0) is 9.59 Å². The second-order valence-electron chi connectivity index (χ2n) is 5.11. The van der Waals surface area contributed by atoms with E-state index in [0.29, 0.717) is 18.8 Å². The minimum absolute atomic E-state index is 0.0562. The molecule has 0 aromatic carbocycles. The normalized spacial score (nSPS) is 21.2. The molecule has 0 unspecified atom stereocenters. The Hall–Kier alpha value is -1.57. The number of carbonyl (C=O) groups is 2. The monoisotopic (exact) mass is 249 g/mol. The van der Waals surface area contributed by atoms with Crippen LogP contribution in [0.5, 0.6) is 0 Å². The van der Waals surface area contributed by atoms with E-state index in [1.165, 1.54) is 0 Å². The maximum atomic E-state index is 12.0. The Bertz CT molecular complexity index is 367. The van der Waals surface area contributed by atoms with Crippen LogP contribution >= 0.6 is 0 Å². The number of piperidine rings is 1. The molecule has 5 heteroatoms. The van der Waals surface area contributed by atoms with E-state index in [4.69, 9.17) is 5.26 Å². The van der Waals surface area contributed by atoms with Crippen molar-refractivity contribution in [2.75, 3.05) is 26.2 Å². The summed E-state index contributed by atoms with van der Waals surface area (Å²) in [6, 6.07) is 2.19. The van der Waals surface area contributed by atoms with Crippen molar-refractivity contribution in [1.29, 1.82) is 5.26 Å². The van der Waals surface area contributed by atoms with E-state index >= 15 is 0 Å². The van der Waals surface area contributed by atoms with Crippen LogP contribution in [0, 0.1) is 17.2 Å². The van der Waals surface area contributed by atoms with E-state index in [1.54, 1.807) is 4.90 Å². The molecule has 0 spiro atoms. The predicted octanol–water partition coefficient (Wildman–Crippen LogP) is 0.761. The predicted molar refractivity (Wildman–Crippen MR) is 65.3 cm³/mol. The molecular formula is C13H19N3O2. The highest BCUT2D eigenvalue weighted by atomic mass is 16.2. The Kier molecular flexibility index (Phi) is 4.19. The van der Waals surface area contributed by atoms with E-state index in [2.05, 4.69) is 6.07 Å². The van der Waals surface area contributed by atoms with Crippen molar-refractivity contribution < 1.29 is 9.59 Å². The number of nitriles is 1. The van der Waals surface area contributed by atoms with Gasteiger partial charge in [0.25, 0.3) is 0 Å². The van der Waals surface area contributed by atoms with Crippen LogP contribution in [0.15, 0.2) is 0 Å². The van der Waals surface area contributed by atoms with Gasteiger partial charge in [0.15, 0.2) is 0 Å². The molecular weight excluding hydrogens is 230 g/mol. The van der Waals surface area contributed by atoms with E-state index in [1.807, 2.05) is 4.90 Å². The fourth-order valence-corrected chi connectivity index (χ4v) is 2.65. The summed E-state index contributed by atoms with van der Waals surface area (Å²) in [6.45, 7) is 2.41. The zero-order chi connectivity index (χ0) is 13.0. The quantitative estimate of drug-likeness (QED) is 0.741. The average Bonchev–Trinajstić information content (AvgIpc) is 2.76. The summed E-state index contributed by atoms with van der Waals surface area (Å²) in [5, 5.41) is 8.64. The largest absolute Gasteiger partial charge is 0.341 e. The van der Waals surface area contributed by atoms with Gasteiger partial charge in [-0.15, -0.1) is 0 Å². The molecule has 2 rings (SSSR count). The maximum absolute atomic E-state index is 12.0. The average molecular weight is 249 g/mol. The molecule has 0 aromatic rings. The van der Waals surface area contributed by atoms with Crippen molar-refractivity contribution in [1.82, 2.24) is 9.80 Å². The third-order valence-corrected chi connectivity index (χ3v) is 3.84. The lowest BCUT2D eigenvalue weighted by Crippen LogP contribution is -2.44. The highest BCUT2D eigenvalue weighted by Gasteiger charge is 2.27. The van der Waals surface area contributed by atoms with Crippen molar-refractivity contribution in [3.05, 3.63) is 0 Å². The Morgan fingerprint density at radius 3 is 2.61 bits per heavy atom. The SMILES string of the molecule is N#CCC1CCN(C(=O)CN2CCCC2=O)CC1. The molecule has 98 valence electrons. The Balaban J connectivity index is 1.77. The van der Waals surface area contributed by atoms with Gasteiger partial charge in [0, 0.05) is 32.5 Å². The molecule has 18 heavy (non-hydrogen) atoms. The molecule has 2 amide bonds. The number of carbonyl (C=O) groups excluding carboxylic acids is 2. The highest BCUT2D eigenvalue weighted by molar-refractivity contribution is 5.85. The molecule has 2 fully saturated rings. The van der Waals surface area contributed by atoms with Crippen molar-refractivity contribution >= 4 is 11.8 Å². The zero-order valence-corrected chi connectivity index (χ0v) is 10.6. The number of likely N-dealkylation sites (tertiary alicyclic amines) is 2. The molecule has 2 aliphatic rings. The number of amides is 2. The van der Waals surface area contributed by atoms with Crippen LogP contribution in [-0.4, -0.2) is 47.8 Å². The molecule has 0 bridgehead atoms. The summed E-state index contributed by atoms with van der Waals surface area (Å²) in [5.74, 6) is 0.593. The number of nitrogens with zero attached hydrogens (tertiary/aromatic N) is 3. The van der Waals surface area contributed by atoms with E-state index in [9.17, 15) is 9.59 Å². The van der Waals surface area contributed by atoms with Crippen LogP contribution in [0.4, 0.5) is 0 Å². The minimum atomic E-state index is 0.0562. The topological polar surface area (TPSA) is 64.4 Å². The van der Waals surface area contributed by atoms with Crippen LogP contribution in [0.2, 0.25) is 0 Å². The molecule has 0 radical (unpaired) electrons. The zero-order valence-electron chi connectivity index (χ0n) is 10.6. The number of hydrogen-bond donors (Lipinski definition) is 0. The standard InChI is InChI=1S/C13H19N3O2/c14-6-3-11-4-8-15(9-5-11)13(18)10-16-7-1-2-12(16)17/h11H,1-5,7-10H2. The molecule has 2 aliphatic heterocycles. The second-order valence-corrected chi connectivity index (χ2v) is 5.11. The first-order chi connectivity index (χ1) is 8.70. The second kappa shape index (κ2) is 5.85. The van der Waals surface area contributed by atoms with Gasteiger partial charge in [-0.1, -0.05) is 0 Å². The van der Waals surface area contributed by atoms with Crippen LogP contribution in [0.1, 0.15) is 32.1 Å². The van der Waals surface area contributed by atoms with Crippen molar-refractivity contribution in [3.8, 4) is 6.07 Å². The maximum Gasteiger partial charge on any atom is 0.242 e. The van der Waals surface area contributed by atoms with Crippen molar-refractivity contribution in [3.63, 3.8) is 0 Å². The van der Waals surface area contributed by atoms with E-state index in [-0.39, 0.29) is 18.4 Å². The van der Waals surface area contributed by atoms with Crippen molar-refractivity contribution in [2.24, 2.45) is 5.92 Å². The minimum Gasteiger partial charge on any atom is -0.341 e. The van der Waals surface area contributed by atoms with Gasteiger partial charge >= 0.3 is 0 Å². The number of hydrogen-bond acceptors (Lipinski definition) is 3. The summed E-state index contributed by atoms with van der Waals surface area (Å²) in [6.07, 6.45) is 3.86. The van der Waals surface area contributed by atoms with Gasteiger partial charge in [-0.2, -0.15) is 5.26 Å². The third kappa shape index (κ3) is 3.00. The Morgan fingerprint density at radius 1 is 1.33 bits per heavy atom. The first kappa shape index (κ1) is 12.9. The van der Waals surface area contributed by atoms with Crippen LogP contribution in [0.25, 0.3) is 0 Å². The molecule has 0 aliphatic carbocycles. The molecule has 0 saturated carbocycles. The summed E-state index contributed by atoms with van der Waals surface area (Å²) in [4.78, 5) is 27.0. The van der Waals surface area contributed by atoms with Gasteiger partial charge < -0.3 is 9.80 Å². The first-order valence-electron chi connectivity index (χ1n) is 6.63. The molecule has 2 saturated heterocycles. The van der Waals surface area contributed by atoms with Gasteiger partial charge in [-0.05, 0) is 25.2 Å². The highest BCUT2D eigenvalue weighted by Crippen LogP contribution is 2.20.